The first-order valence-electron chi connectivity index (χ1n) is 8.16. The minimum absolute atomic E-state index is 0.0290. The molecule has 0 bridgehead atoms. The molecule has 6 heteroatoms. The molecule has 1 aromatic heterocycles. The fraction of sp³-hybridized carbons (Fsp3) is 0.529. The third kappa shape index (κ3) is 3.82. The molecule has 23 heavy (non-hydrogen) atoms. The van der Waals surface area contributed by atoms with Gasteiger partial charge in [-0.1, -0.05) is 19.1 Å². The summed E-state index contributed by atoms with van der Waals surface area (Å²) in [6, 6.07) is 7.77. The van der Waals surface area contributed by atoms with Gasteiger partial charge in [-0.3, -0.25) is 13.9 Å². The second kappa shape index (κ2) is 7.97. The molecular weight excluding hydrogens is 292 g/mol. The Hall–Kier alpha value is -2.08. The van der Waals surface area contributed by atoms with Gasteiger partial charge in [-0.2, -0.15) is 0 Å². The minimum Gasteiger partial charge on any atom is -0.344 e. The number of hydrogen-bond donors (Lipinski definition) is 1. The van der Waals surface area contributed by atoms with E-state index >= 15 is 0 Å². The van der Waals surface area contributed by atoms with Gasteiger partial charge in [0.2, 0.25) is 5.91 Å². The van der Waals surface area contributed by atoms with Crippen LogP contribution in [-0.4, -0.2) is 47.1 Å². The van der Waals surface area contributed by atoms with Crippen LogP contribution in [0.1, 0.15) is 19.8 Å². The highest BCUT2D eigenvalue weighted by molar-refractivity contribution is 5.78. The maximum atomic E-state index is 12.6. The molecule has 2 rings (SSSR count). The van der Waals surface area contributed by atoms with Crippen molar-refractivity contribution in [3.05, 3.63) is 34.7 Å². The number of carbonyl (C=O) groups excluding carboxylic acids is 1. The van der Waals surface area contributed by atoms with Crippen LogP contribution in [0.2, 0.25) is 0 Å². The number of aromatic nitrogens is 2. The number of rotatable bonds is 8. The third-order valence-electron chi connectivity index (χ3n) is 4.04. The summed E-state index contributed by atoms with van der Waals surface area (Å²) in [4.78, 5) is 26.5. The Labute approximate surface area is 136 Å². The van der Waals surface area contributed by atoms with Crippen LogP contribution in [0.4, 0.5) is 0 Å². The van der Waals surface area contributed by atoms with E-state index in [-0.39, 0.29) is 11.6 Å². The van der Waals surface area contributed by atoms with Gasteiger partial charge in [0.25, 0.3) is 0 Å². The summed E-state index contributed by atoms with van der Waals surface area (Å²) < 4.78 is 3.51. The Morgan fingerprint density at radius 3 is 2.35 bits per heavy atom. The first kappa shape index (κ1) is 17.3. The van der Waals surface area contributed by atoms with Gasteiger partial charge >= 0.3 is 5.69 Å². The molecule has 0 saturated carbocycles. The summed E-state index contributed by atoms with van der Waals surface area (Å²) in [5.74, 6) is 0.0551. The van der Waals surface area contributed by atoms with Crippen molar-refractivity contribution in [1.29, 1.82) is 0 Å². The molecule has 0 radical (unpaired) electrons. The lowest BCUT2D eigenvalue weighted by Gasteiger charge is -2.16. The van der Waals surface area contributed by atoms with Crippen molar-refractivity contribution in [3.63, 3.8) is 0 Å². The molecule has 1 amide bonds. The monoisotopic (exact) mass is 318 g/mol. The Kier molecular flexibility index (Phi) is 5.98. The van der Waals surface area contributed by atoms with Gasteiger partial charge in [0.05, 0.1) is 11.0 Å². The third-order valence-corrected chi connectivity index (χ3v) is 4.04. The number of para-hydroxylation sites is 2. The Bertz CT molecular complexity index is 717. The highest BCUT2D eigenvalue weighted by Gasteiger charge is 2.14. The van der Waals surface area contributed by atoms with Crippen LogP contribution in [0, 0.1) is 0 Å². The maximum Gasteiger partial charge on any atom is 0.329 e. The fourth-order valence-electron chi connectivity index (χ4n) is 2.73. The number of aryl methyl sites for hydroxylation is 2. The van der Waals surface area contributed by atoms with Crippen molar-refractivity contribution in [3.8, 4) is 0 Å². The van der Waals surface area contributed by atoms with E-state index in [1.807, 2.05) is 31.3 Å². The van der Waals surface area contributed by atoms with Crippen molar-refractivity contribution < 1.29 is 4.79 Å². The lowest BCUT2D eigenvalue weighted by molar-refractivity contribution is -0.130. The highest BCUT2D eigenvalue weighted by atomic mass is 16.2. The molecule has 0 saturated heterocycles. The van der Waals surface area contributed by atoms with Gasteiger partial charge < -0.3 is 10.2 Å². The van der Waals surface area contributed by atoms with E-state index in [4.69, 9.17) is 0 Å². The molecule has 1 N–H and O–H groups in total. The van der Waals surface area contributed by atoms with Crippen molar-refractivity contribution in [1.82, 2.24) is 19.4 Å². The molecule has 1 heterocycles. The average Bonchev–Trinajstić information content (AvgIpc) is 2.83. The number of carbonyl (C=O) groups is 1. The number of benzene rings is 1. The van der Waals surface area contributed by atoms with Crippen molar-refractivity contribution >= 4 is 16.9 Å². The molecule has 6 nitrogen and oxygen atoms in total. The first-order valence-corrected chi connectivity index (χ1v) is 8.16. The van der Waals surface area contributed by atoms with E-state index in [2.05, 4.69) is 12.2 Å². The largest absolute Gasteiger partial charge is 0.344 e. The molecule has 126 valence electrons. The van der Waals surface area contributed by atoms with Gasteiger partial charge in [-0.15, -0.1) is 0 Å². The predicted molar refractivity (Wildman–Crippen MR) is 92.7 cm³/mol. The van der Waals surface area contributed by atoms with Crippen LogP contribution < -0.4 is 11.0 Å². The van der Waals surface area contributed by atoms with Crippen LogP contribution in [0.3, 0.4) is 0 Å². The minimum atomic E-state index is -0.0290. The highest BCUT2D eigenvalue weighted by Crippen LogP contribution is 2.13. The molecule has 2 aromatic rings. The Morgan fingerprint density at radius 2 is 1.78 bits per heavy atom. The van der Waals surface area contributed by atoms with Crippen LogP contribution >= 0.6 is 0 Å². The molecule has 0 aliphatic carbocycles. The molecular formula is C17H26N4O2. The molecule has 1 aromatic carbocycles. The van der Waals surface area contributed by atoms with E-state index in [1.165, 1.54) is 0 Å². The zero-order chi connectivity index (χ0) is 16.8. The predicted octanol–water partition coefficient (Wildman–Crippen LogP) is 1.28. The van der Waals surface area contributed by atoms with Crippen molar-refractivity contribution in [2.45, 2.75) is 32.9 Å². The lowest BCUT2D eigenvalue weighted by Crippen LogP contribution is -2.34. The number of nitrogens with zero attached hydrogens (tertiary/aromatic N) is 3. The van der Waals surface area contributed by atoms with Gasteiger partial charge in [0.1, 0.15) is 0 Å². The normalized spacial score (nSPS) is 11.1. The summed E-state index contributed by atoms with van der Waals surface area (Å²) >= 11 is 0. The molecule has 0 unspecified atom stereocenters. The van der Waals surface area contributed by atoms with Gasteiger partial charge in [-0.05, 0) is 25.6 Å². The van der Waals surface area contributed by atoms with E-state index in [0.717, 1.165) is 24.0 Å². The summed E-state index contributed by atoms with van der Waals surface area (Å²) in [6.45, 7) is 4.60. The zero-order valence-electron chi connectivity index (χ0n) is 14.2. The van der Waals surface area contributed by atoms with E-state index in [0.29, 0.717) is 26.1 Å². The quantitative estimate of drug-likeness (QED) is 0.798. The van der Waals surface area contributed by atoms with E-state index in [9.17, 15) is 9.59 Å². The number of nitrogens with one attached hydrogen (secondary N) is 1. The van der Waals surface area contributed by atoms with Gasteiger partial charge in [0.15, 0.2) is 0 Å². The van der Waals surface area contributed by atoms with E-state index in [1.54, 1.807) is 21.1 Å². The van der Waals surface area contributed by atoms with Crippen LogP contribution in [-0.2, 0) is 17.9 Å². The van der Waals surface area contributed by atoms with Crippen molar-refractivity contribution in [2.24, 2.45) is 0 Å². The first-order chi connectivity index (χ1) is 11.1. The average molecular weight is 318 g/mol. The molecule has 0 aliphatic rings. The SMILES string of the molecule is CCCn1c(=O)n(CCC(=O)N(C)CCNC)c2ccccc21. The fourth-order valence-corrected chi connectivity index (χ4v) is 2.73. The van der Waals surface area contributed by atoms with E-state index < -0.39 is 0 Å². The van der Waals surface area contributed by atoms with Crippen molar-refractivity contribution in [2.75, 3.05) is 27.2 Å². The molecule has 0 spiro atoms. The van der Waals surface area contributed by atoms with Gasteiger partial charge in [0, 0.05) is 39.6 Å². The number of fused-ring (bicyclic) bond motifs is 1. The summed E-state index contributed by atoms with van der Waals surface area (Å²) in [5.41, 5.74) is 1.81. The second-order valence-corrected chi connectivity index (χ2v) is 5.74. The standard InChI is InChI=1S/C17H26N4O2/c1-4-11-20-14-7-5-6-8-15(14)21(17(20)23)12-9-16(22)19(3)13-10-18-2/h5-8,18H,4,9-13H2,1-3H3. The summed E-state index contributed by atoms with van der Waals surface area (Å²) in [7, 11) is 3.66. The second-order valence-electron chi connectivity index (χ2n) is 5.74. The lowest BCUT2D eigenvalue weighted by atomic mass is 10.3. The van der Waals surface area contributed by atoms with Gasteiger partial charge in [-0.25, -0.2) is 4.79 Å². The summed E-state index contributed by atoms with van der Waals surface area (Å²) in [6.07, 6.45) is 1.24. The van der Waals surface area contributed by atoms with Crippen LogP contribution in [0.5, 0.6) is 0 Å². The molecule has 0 atom stereocenters. The van der Waals surface area contributed by atoms with Crippen LogP contribution in [0.25, 0.3) is 11.0 Å². The van der Waals surface area contributed by atoms with Crippen LogP contribution in [0.15, 0.2) is 29.1 Å². The topological polar surface area (TPSA) is 59.3 Å². The Morgan fingerprint density at radius 1 is 1.17 bits per heavy atom. The number of imidazole rings is 1. The Balaban J connectivity index is 2.19. The molecule has 0 fully saturated rings. The zero-order valence-corrected chi connectivity index (χ0v) is 14.2. The summed E-state index contributed by atoms with van der Waals surface area (Å²) in [5, 5.41) is 3.03. The smallest absolute Gasteiger partial charge is 0.329 e. The number of hydrogen-bond acceptors (Lipinski definition) is 3. The number of likely N-dealkylation sites (N-methyl/N-ethyl adjacent to an activating group) is 2. The number of amides is 1. The molecule has 0 aliphatic heterocycles. The maximum absolute atomic E-state index is 12.6.